The van der Waals surface area contributed by atoms with Crippen LogP contribution in [0.2, 0.25) is 0 Å². The van der Waals surface area contributed by atoms with E-state index in [1.54, 1.807) is 18.2 Å². The molecule has 5 heteroatoms. The quantitative estimate of drug-likeness (QED) is 0.846. The van der Waals surface area contributed by atoms with E-state index in [1.807, 2.05) is 13.8 Å². The van der Waals surface area contributed by atoms with E-state index in [0.717, 1.165) is 12.8 Å². The van der Waals surface area contributed by atoms with Gasteiger partial charge < -0.3 is 16.2 Å². The Morgan fingerprint density at radius 3 is 2.50 bits per heavy atom. The van der Waals surface area contributed by atoms with Crippen molar-refractivity contribution in [3.05, 3.63) is 28.2 Å². The maximum atomic E-state index is 11.4. The molecule has 1 rings (SSSR count). The fourth-order valence-electron chi connectivity index (χ4n) is 1.54. The molecular formula is C13H19BrN2O2. The molecule has 0 saturated carbocycles. The standard InChI is InChI=1S/C13H19BrN2O2/c1-3-13(16,4-2)8-18-10-7-5-6-9(14)11(10)12(15)17/h5-7H,3-4,8,16H2,1-2H3,(H2,15,17). The molecule has 0 atom stereocenters. The summed E-state index contributed by atoms with van der Waals surface area (Å²) in [5.74, 6) is -0.0540. The molecule has 4 nitrogen and oxygen atoms in total. The highest BCUT2D eigenvalue weighted by atomic mass is 79.9. The Balaban J connectivity index is 2.92. The molecule has 0 aromatic heterocycles. The molecule has 0 fully saturated rings. The van der Waals surface area contributed by atoms with Crippen molar-refractivity contribution in [1.29, 1.82) is 0 Å². The summed E-state index contributed by atoms with van der Waals surface area (Å²) < 4.78 is 6.30. The second kappa shape index (κ2) is 6.20. The van der Waals surface area contributed by atoms with E-state index < -0.39 is 5.91 Å². The number of carbonyl (C=O) groups excluding carboxylic acids is 1. The number of hydrogen-bond acceptors (Lipinski definition) is 3. The first-order valence-corrected chi connectivity index (χ1v) is 6.73. The number of rotatable bonds is 6. The summed E-state index contributed by atoms with van der Waals surface area (Å²) in [5.41, 5.74) is 11.5. The Hall–Kier alpha value is -1.07. The van der Waals surface area contributed by atoms with Crippen LogP contribution < -0.4 is 16.2 Å². The number of amides is 1. The first kappa shape index (κ1) is 15.0. The van der Waals surface area contributed by atoms with Crippen LogP contribution in [0.3, 0.4) is 0 Å². The summed E-state index contributed by atoms with van der Waals surface area (Å²) >= 11 is 3.29. The number of hydrogen-bond donors (Lipinski definition) is 2. The Morgan fingerprint density at radius 2 is 2.00 bits per heavy atom. The second-order valence-corrected chi connectivity index (χ2v) is 5.19. The van der Waals surface area contributed by atoms with Gasteiger partial charge in [0, 0.05) is 10.0 Å². The number of carbonyl (C=O) groups is 1. The van der Waals surface area contributed by atoms with E-state index in [4.69, 9.17) is 16.2 Å². The molecule has 0 aliphatic heterocycles. The van der Waals surface area contributed by atoms with Gasteiger partial charge in [0.15, 0.2) is 0 Å². The molecule has 1 amide bonds. The van der Waals surface area contributed by atoms with Crippen molar-refractivity contribution >= 4 is 21.8 Å². The van der Waals surface area contributed by atoms with Crippen LogP contribution in [0.15, 0.2) is 22.7 Å². The van der Waals surface area contributed by atoms with Crippen molar-refractivity contribution in [2.24, 2.45) is 11.5 Å². The highest BCUT2D eigenvalue weighted by Gasteiger charge is 2.22. The van der Waals surface area contributed by atoms with Gasteiger partial charge in [0.2, 0.25) is 0 Å². The maximum Gasteiger partial charge on any atom is 0.253 e. The fourth-order valence-corrected chi connectivity index (χ4v) is 2.08. The van der Waals surface area contributed by atoms with Crippen molar-refractivity contribution in [3.8, 4) is 5.75 Å². The van der Waals surface area contributed by atoms with Gasteiger partial charge >= 0.3 is 0 Å². The third-order valence-electron chi connectivity index (χ3n) is 3.15. The van der Waals surface area contributed by atoms with E-state index in [2.05, 4.69) is 15.9 Å². The van der Waals surface area contributed by atoms with Gasteiger partial charge in [-0.05, 0) is 40.9 Å². The van der Waals surface area contributed by atoms with Gasteiger partial charge in [-0.15, -0.1) is 0 Å². The monoisotopic (exact) mass is 314 g/mol. The first-order valence-electron chi connectivity index (χ1n) is 5.93. The lowest BCUT2D eigenvalue weighted by atomic mass is 9.95. The second-order valence-electron chi connectivity index (χ2n) is 4.34. The zero-order chi connectivity index (χ0) is 13.8. The lowest BCUT2D eigenvalue weighted by Gasteiger charge is -2.27. The molecule has 1 aromatic rings. The zero-order valence-corrected chi connectivity index (χ0v) is 12.3. The van der Waals surface area contributed by atoms with E-state index in [9.17, 15) is 4.79 Å². The average Bonchev–Trinajstić information content (AvgIpc) is 2.35. The maximum absolute atomic E-state index is 11.4. The molecule has 0 aliphatic rings. The summed E-state index contributed by atoms with van der Waals surface area (Å²) in [4.78, 5) is 11.4. The molecule has 4 N–H and O–H groups in total. The van der Waals surface area contributed by atoms with Crippen LogP contribution in [0.1, 0.15) is 37.0 Å². The van der Waals surface area contributed by atoms with Gasteiger partial charge in [0.25, 0.3) is 5.91 Å². The van der Waals surface area contributed by atoms with Crippen LogP contribution >= 0.6 is 15.9 Å². The molecule has 0 aliphatic carbocycles. The largest absolute Gasteiger partial charge is 0.491 e. The minimum atomic E-state index is -0.520. The fraction of sp³-hybridized carbons (Fsp3) is 0.462. The zero-order valence-electron chi connectivity index (χ0n) is 10.7. The highest BCUT2D eigenvalue weighted by molar-refractivity contribution is 9.10. The van der Waals surface area contributed by atoms with E-state index in [1.165, 1.54) is 0 Å². The van der Waals surface area contributed by atoms with Crippen LogP contribution in [0.25, 0.3) is 0 Å². The smallest absolute Gasteiger partial charge is 0.253 e. The Labute approximate surface area is 116 Å². The first-order chi connectivity index (χ1) is 8.43. The SMILES string of the molecule is CCC(N)(CC)COc1cccc(Br)c1C(N)=O. The Kier molecular flexibility index (Phi) is 5.16. The third kappa shape index (κ3) is 3.46. The summed E-state index contributed by atoms with van der Waals surface area (Å²) in [6.45, 7) is 4.39. The molecule has 0 unspecified atom stereocenters. The molecule has 0 spiro atoms. The van der Waals surface area contributed by atoms with E-state index >= 15 is 0 Å². The number of benzene rings is 1. The molecule has 100 valence electrons. The molecule has 18 heavy (non-hydrogen) atoms. The van der Waals surface area contributed by atoms with Gasteiger partial charge in [0.1, 0.15) is 12.4 Å². The summed E-state index contributed by atoms with van der Waals surface area (Å²) in [5, 5.41) is 0. The van der Waals surface area contributed by atoms with Crippen molar-refractivity contribution in [2.45, 2.75) is 32.2 Å². The van der Waals surface area contributed by atoms with Gasteiger partial charge in [-0.25, -0.2) is 0 Å². The molecule has 0 radical (unpaired) electrons. The third-order valence-corrected chi connectivity index (χ3v) is 3.81. The Bertz CT molecular complexity index is 431. The minimum absolute atomic E-state index is 0.354. The van der Waals surface area contributed by atoms with Crippen molar-refractivity contribution in [3.63, 3.8) is 0 Å². The lowest BCUT2D eigenvalue weighted by Crippen LogP contribution is -2.44. The van der Waals surface area contributed by atoms with Crippen LogP contribution in [-0.4, -0.2) is 18.1 Å². The predicted octanol–water partition coefficient (Wildman–Crippen LogP) is 2.44. The summed E-state index contributed by atoms with van der Waals surface area (Å²) in [6.07, 6.45) is 1.62. The van der Waals surface area contributed by atoms with Crippen molar-refractivity contribution in [1.82, 2.24) is 0 Å². The topological polar surface area (TPSA) is 78.3 Å². The number of nitrogens with two attached hydrogens (primary N) is 2. The predicted molar refractivity (Wildman–Crippen MR) is 75.7 cm³/mol. The summed E-state index contributed by atoms with van der Waals surface area (Å²) in [6, 6.07) is 5.26. The van der Waals surface area contributed by atoms with Gasteiger partial charge in [-0.3, -0.25) is 4.79 Å². The molecule has 0 bridgehead atoms. The van der Waals surface area contributed by atoms with Crippen molar-refractivity contribution in [2.75, 3.05) is 6.61 Å². The van der Waals surface area contributed by atoms with Crippen LogP contribution in [0.5, 0.6) is 5.75 Å². The normalized spacial score (nSPS) is 11.3. The minimum Gasteiger partial charge on any atom is -0.491 e. The van der Waals surface area contributed by atoms with Crippen LogP contribution in [0.4, 0.5) is 0 Å². The molecule has 1 aromatic carbocycles. The lowest BCUT2D eigenvalue weighted by molar-refractivity contribution is 0.0993. The average molecular weight is 315 g/mol. The molecule has 0 saturated heterocycles. The van der Waals surface area contributed by atoms with Crippen LogP contribution in [-0.2, 0) is 0 Å². The van der Waals surface area contributed by atoms with Crippen molar-refractivity contribution < 1.29 is 9.53 Å². The Morgan fingerprint density at radius 1 is 1.39 bits per heavy atom. The van der Waals surface area contributed by atoms with Gasteiger partial charge in [-0.1, -0.05) is 19.9 Å². The number of halogens is 1. The number of primary amides is 1. The highest BCUT2D eigenvalue weighted by Crippen LogP contribution is 2.27. The van der Waals surface area contributed by atoms with Crippen LogP contribution in [0, 0.1) is 0 Å². The van der Waals surface area contributed by atoms with Gasteiger partial charge in [-0.2, -0.15) is 0 Å². The van der Waals surface area contributed by atoms with Gasteiger partial charge in [0.05, 0.1) is 5.56 Å². The molecular weight excluding hydrogens is 296 g/mol. The molecule has 0 heterocycles. The summed E-state index contributed by atoms with van der Waals surface area (Å²) in [7, 11) is 0. The van der Waals surface area contributed by atoms with E-state index in [-0.39, 0.29) is 5.54 Å². The number of ether oxygens (including phenoxy) is 1. The van der Waals surface area contributed by atoms with E-state index in [0.29, 0.717) is 22.4 Å².